The third-order valence-corrected chi connectivity index (χ3v) is 6.26. The van der Waals surface area contributed by atoms with Gasteiger partial charge in [-0.2, -0.15) is 4.98 Å². The molecule has 0 saturated heterocycles. The van der Waals surface area contributed by atoms with E-state index in [9.17, 15) is 4.79 Å². The van der Waals surface area contributed by atoms with Gasteiger partial charge in [-0.1, -0.05) is 41.9 Å². The zero-order valence-corrected chi connectivity index (χ0v) is 20.5. The van der Waals surface area contributed by atoms with E-state index in [0.29, 0.717) is 35.6 Å². The second-order valence-electron chi connectivity index (χ2n) is 8.79. The van der Waals surface area contributed by atoms with Crippen molar-refractivity contribution in [2.45, 2.75) is 64.4 Å². The first-order valence-electron chi connectivity index (χ1n) is 11.6. The number of carbonyl (C=O) groups excluding carboxylic acids is 1. The Morgan fingerprint density at radius 2 is 1.91 bits per heavy atom. The number of fused-ring (bicyclic) bond motifs is 1. The first kappa shape index (κ1) is 24.3. The number of hydrogen-bond acceptors (Lipinski definition) is 6. The molecule has 9 heteroatoms. The topological polar surface area (TPSA) is 87.5 Å². The molecule has 1 amide bonds. The molecule has 34 heavy (non-hydrogen) atoms. The lowest BCUT2D eigenvalue weighted by Crippen LogP contribution is -2.37. The van der Waals surface area contributed by atoms with Crippen molar-refractivity contribution in [3.63, 3.8) is 0 Å². The van der Waals surface area contributed by atoms with Crippen molar-refractivity contribution in [2.75, 3.05) is 6.61 Å². The minimum atomic E-state index is -0.0409. The van der Waals surface area contributed by atoms with Gasteiger partial charge in [-0.05, 0) is 38.2 Å². The van der Waals surface area contributed by atoms with Crippen LogP contribution in [0.3, 0.4) is 0 Å². The first-order chi connectivity index (χ1) is 16.4. The molecule has 1 atom stereocenters. The Hall–Kier alpha value is -2.84. The second kappa shape index (κ2) is 11.1. The standard InChI is InChI=1S/C25H31ClN4O4/c1-16(28-17(2)31)14-32-19-9-11-20(12-10-19)34-25-29-21-13-27-24(22(26)23(21)30(25)3)33-15-18-7-5-4-6-8-18/h4-8,13,16,19-20H,9-12,14-15H2,1-3H3,(H,28,31)/t16-,19-,20-/m0/s1. The molecule has 1 saturated carbocycles. The van der Waals surface area contributed by atoms with Crippen molar-refractivity contribution in [1.82, 2.24) is 19.9 Å². The summed E-state index contributed by atoms with van der Waals surface area (Å²) in [6, 6.07) is 10.4. The van der Waals surface area contributed by atoms with Crippen molar-refractivity contribution in [2.24, 2.45) is 7.05 Å². The summed E-state index contributed by atoms with van der Waals surface area (Å²) >= 11 is 6.63. The third kappa shape index (κ3) is 5.98. The van der Waals surface area contributed by atoms with E-state index < -0.39 is 0 Å². The van der Waals surface area contributed by atoms with Gasteiger partial charge in [-0.15, -0.1) is 0 Å². The Kier molecular flexibility index (Phi) is 7.90. The highest BCUT2D eigenvalue weighted by atomic mass is 35.5. The lowest BCUT2D eigenvalue weighted by atomic mass is 9.95. The number of benzene rings is 1. The summed E-state index contributed by atoms with van der Waals surface area (Å²) in [4.78, 5) is 20.1. The summed E-state index contributed by atoms with van der Waals surface area (Å²) in [5, 5.41) is 3.26. The van der Waals surface area contributed by atoms with Crippen LogP contribution in [0.2, 0.25) is 5.02 Å². The van der Waals surface area contributed by atoms with Gasteiger partial charge in [-0.3, -0.25) is 9.36 Å². The molecular weight excluding hydrogens is 456 g/mol. The number of pyridine rings is 1. The van der Waals surface area contributed by atoms with Gasteiger partial charge in [0, 0.05) is 20.0 Å². The fourth-order valence-corrected chi connectivity index (χ4v) is 4.52. The van der Waals surface area contributed by atoms with Crippen LogP contribution in [-0.4, -0.2) is 45.3 Å². The fraction of sp³-hybridized carbons (Fsp3) is 0.480. The molecule has 8 nitrogen and oxygen atoms in total. The van der Waals surface area contributed by atoms with Gasteiger partial charge in [0.2, 0.25) is 11.8 Å². The van der Waals surface area contributed by atoms with E-state index in [0.717, 1.165) is 36.8 Å². The van der Waals surface area contributed by atoms with Crippen molar-refractivity contribution in [3.05, 3.63) is 47.1 Å². The van der Waals surface area contributed by atoms with Gasteiger partial charge in [0.25, 0.3) is 6.01 Å². The quantitative estimate of drug-likeness (QED) is 0.481. The molecule has 0 radical (unpaired) electrons. The number of aromatic nitrogens is 3. The average Bonchev–Trinajstić information content (AvgIpc) is 3.14. The molecule has 1 aliphatic rings. The Bertz CT molecular complexity index is 1110. The highest BCUT2D eigenvalue weighted by molar-refractivity contribution is 6.36. The van der Waals surface area contributed by atoms with Crippen LogP contribution in [0.5, 0.6) is 11.9 Å². The number of halogens is 1. The van der Waals surface area contributed by atoms with Crippen LogP contribution >= 0.6 is 11.6 Å². The smallest absolute Gasteiger partial charge is 0.297 e. The molecule has 0 spiro atoms. The van der Waals surface area contributed by atoms with Gasteiger partial charge in [0.15, 0.2) is 0 Å². The molecule has 1 N–H and O–H groups in total. The average molecular weight is 487 g/mol. The highest BCUT2D eigenvalue weighted by Gasteiger charge is 2.26. The predicted molar refractivity (Wildman–Crippen MR) is 130 cm³/mol. The van der Waals surface area contributed by atoms with E-state index >= 15 is 0 Å². The van der Waals surface area contributed by atoms with Crippen molar-refractivity contribution in [3.8, 4) is 11.9 Å². The van der Waals surface area contributed by atoms with Gasteiger partial charge in [0.05, 0.1) is 24.4 Å². The van der Waals surface area contributed by atoms with Crippen LogP contribution in [-0.2, 0) is 23.2 Å². The summed E-state index contributed by atoms with van der Waals surface area (Å²) in [7, 11) is 1.88. The molecule has 0 unspecified atom stereocenters. The monoisotopic (exact) mass is 486 g/mol. The zero-order chi connectivity index (χ0) is 24.1. The van der Waals surface area contributed by atoms with Crippen LogP contribution in [0.25, 0.3) is 11.0 Å². The lowest BCUT2D eigenvalue weighted by Gasteiger charge is -2.29. The van der Waals surface area contributed by atoms with E-state index in [1.807, 2.05) is 48.9 Å². The number of aryl methyl sites for hydroxylation is 1. The van der Waals surface area contributed by atoms with Crippen LogP contribution in [0.4, 0.5) is 0 Å². The molecule has 0 bridgehead atoms. The summed E-state index contributed by atoms with van der Waals surface area (Å²) in [5.41, 5.74) is 2.44. The normalized spacial score (nSPS) is 19.1. The fourth-order valence-electron chi connectivity index (χ4n) is 4.19. The molecule has 1 fully saturated rings. The van der Waals surface area contributed by atoms with Gasteiger partial charge < -0.3 is 19.5 Å². The van der Waals surface area contributed by atoms with Crippen molar-refractivity contribution < 1.29 is 19.0 Å². The van der Waals surface area contributed by atoms with Crippen molar-refractivity contribution >= 4 is 28.5 Å². The molecule has 2 aromatic heterocycles. The molecule has 0 aliphatic heterocycles. The maximum absolute atomic E-state index is 11.1. The van der Waals surface area contributed by atoms with Gasteiger partial charge in [-0.25, -0.2) is 4.98 Å². The molecule has 2 heterocycles. The summed E-state index contributed by atoms with van der Waals surface area (Å²) < 4.78 is 19.9. The first-order valence-corrected chi connectivity index (χ1v) is 12.0. The summed E-state index contributed by atoms with van der Waals surface area (Å²) in [6.07, 6.45) is 5.46. The maximum atomic E-state index is 11.1. The van der Waals surface area contributed by atoms with E-state index in [2.05, 4.69) is 15.3 Å². The lowest BCUT2D eigenvalue weighted by molar-refractivity contribution is -0.120. The number of hydrogen-bond donors (Lipinski definition) is 1. The number of carbonyl (C=O) groups is 1. The summed E-state index contributed by atoms with van der Waals surface area (Å²) in [5.74, 6) is 0.333. The van der Waals surface area contributed by atoms with Gasteiger partial charge >= 0.3 is 0 Å². The Labute approximate surface area is 204 Å². The minimum Gasteiger partial charge on any atom is -0.472 e. The van der Waals surface area contributed by atoms with E-state index in [-0.39, 0.29) is 24.2 Å². The molecular formula is C25H31ClN4O4. The number of nitrogens with zero attached hydrogens (tertiary/aromatic N) is 3. The van der Waals surface area contributed by atoms with Gasteiger partial charge in [0.1, 0.15) is 23.3 Å². The van der Waals surface area contributed by atoms with Crippen LogP contribution < -0.4 is 14.8 Å². The maximum Gasteiger partial charge on any atom is 0.297 e. The molecule has 182 valence electrons. The Balaban J connectivity index is 1.34. The largest absolute Gasteiger partial charge is 0.472 e. The number of ether oxygens (including phenoxy) is 3. The second-order valence-corrected chi connectivity index (χ2v) is 9.17. The van der Waals surface area contributed by atoms with Crippen molar-refractivity contribution in [1.29, 1.82) is 0 Å². The number of amides is 1. The SMILES string of the molecule is CC(=O)N[C@@H](C)CO[C@H]1CC[C@H](Oc2nc3cnc(OCc4ccccc4)c(Cl)c3n2C)CC1. The number of imidazole rings is 1. The highest BCUT2D eigenvalue weighted by Crippen LogP contribution is 2.34. The van der Waals surface area contributed by atoms with Crippen LogP contribution in [0.15, 0.2) is 36.5 Å². The number of rotatable bonds is 9. The minimum absolute atomic E-state index is 0.00592. The zero-order valence-electron chi connectivity index (χ0n) is 19.8. The molecule has 1 aliphatic carbocycles. The van der Waals surface area contributed by atoms with E-state index in [4.69, 9.17) is 25.8 Å². The van der Waals surface area contributed by atoms with E-state index in [1.165, 1.54) is 6.92 Å². The Morgan fingerprint density at radius 1 is 1.21 bits per heavy atom. The predicted octanol–water partition coefficient (Wildman–Crippen LogP) is 4.43. The summed E-state index contributed by atoms with van der Waals surface area (Å²) in [6.45, 7) is 4.36. The van der Waals surface area contributed by atoms with Crippen LogP contribution in [0, 0.1) is 0 Å². The molecule has 1 aromatic carbocycles. The van der Waals surface area contributed by atoms with E-state index in [1.54, 1.807) is 6.20 Å². The molecule has 4 rings (SSSR count). The number of nitrogens with one attached hydrogen (secondary N) is 1. The third-order valence-electron chi connectivity index (χ3n) is 5.92. The Morgan fingerprint density at radius 3 is 2.62 bits per heavy atom. The van der Waals surface area contributed by atoms with Crippen LogP contribution in [0.1, 0.15) is 45.1 Å². The molecule has 3 aromatic rings.